The van der Waals surface area contributed by atoms with Gasteiger partial charge in [0.15, 0.2) is 0 Å². The van der Waals surface area contributed by atoms with Gasteiger partial charge in [0.25, 0.3) is 0 Å². The fourth-order valence-electron chi connectivity index (χ4n) is 4.92. The van der Waals surface area contributed by atoms with Crippen molar-refractivity contribution in [3.8, 4) is 0 Å². The Morgan fingerprint density at radius 1 is 0.944 bits per heavy atom. The fraction of sp³-hybridized carbons (Fsp3) is 0.138. The van der Waals surface area contributed by atoms with Crippen molar-refractivity contribution in [2.24, 2.45) is 0 Å². The third kappa shape index (κ3) is 4.32. The van der Waals surface area contributed by atoms with Gasteiger partial charge in [0, 0.05) is 5.02 Å². The van der Waals surface area contributed by atoms with Crippen molar-refractivity contribution in [1.82, 2.24) is 4.31 Å². The largest absolute Gasteiger partial charge is 0.478 e. The van der Waals surface area contributed by atoms with Gasteiger partial charge in [-0.2, -0.15) is 4.31 Å². The van der Waals surface area contributed by atoms with Crippen LogP contribution < -0.4 is 0 Å². The number of hydrogen-bond donors (Lipinski definition) is 1. The van der Waals surface area contributed by atoms with Gasteiger partial charge in [0.1, 0.15) is 0 Å². The lowest BCUT2D eigenvalue weighted by Crippen LogP contribution is -2.42. The molecule has 5 nitrogen and oxygen atoms in total. The van der Waals surface area contributed by atoms with Crippen molar-refractivity contribution in [2.45, 2.75) is 30.3 Å². The topological polar surface area (TPSA) is 74.7 Å². The van der Waals surface area contributed by atoms with Gasteiger partial charge in [-0.1, -0.05) is 90.0 Å². The molecule has 0 saturated heterocycles. The minimum Gasteiger partial charge on any atom is -0.478 e. The first kappa shape index (κ1) is 24.3. The lowest BCUT2D eigenvalue weighted by Gasteiger charge is -2.41. The van der Waals surface area contributed by atoms with E-state index in [-0.39, 0.29) is 16.9 Å². The fourth-order valence-corrected chi connectivity index (χ4v) is 6.89. The highest BCUT2D eigenvalue weighted by Crippen LogP contribution is 2.47. The zero-order valence-electron chi connectivity index (χ0n) is 19.5. The number of carbonyl (C=O) groups is 1. The van der Waals surface area contributed by atoms with E-state index < -0.39 is 28.1 Å². The van der Waals surface area contributed by atoms with E-state index in [9.17, 15) is 18.3 Å². The number of rotatable bonds is 5. The van der Waals surface area contributed by atoms with Gasteiger partial charge in [-0.15, -0.1) is 0 Å². The van der Waals surface area contributed by atoms with Gasteiger partial charge in [-0.3, -0.25) is 0 Å². The second kappa shape index (κ2) is 9.54. The molecule has 1 aliphatic rings. The Hall–Kier alpha value is -3.45. The van der Waals surface area contributed by atoms with E-state index in [2.05, 4.69) is 0 Å². The van der Waals surface area contributed by atoms with E-state index in [1.807, 2.05) is 49.4 Å². The van der Waals surface area contributed by atoms with E-state index in [1.165, 1.54) is 4.31 Å². The predicted molar refractivity (Wildman–Crippen MR) is 141 cm³/mol. The van der Waals surface area contributed by atoms with Crippen LogP contribution in [0.2, 0.25) is 5.02 Å². The van der Waals surface area contributed by atoms with Crippen molar-refractivity contribution in [3.05, 3.63) is 124 Å². The Balaban J connectivity index is 1.80. The summed E-state index contributed by atoms with van der Waals surface area (Å²) >= 11 is 6.28. The van der Waals surface area contributed by atoms with Crippen LogP contribution in [0, 0.1) is 6.92 Å². The van der Waals surface area contributed by atoms with E-state index in [4.69, 9.17) is 11.6 Å². The summed E-state index contributed by atoms with van der Waals surface area (Å²) in [5.41, 5.74) is 2.24. The van der Waals surface area contributed by atoms with Gasteiger partial charge < -0.3 is 5.11 Å². The molecule has 2 atom stereocenters. The molecular formula is C29H24ClNO4S. The van der Waals surface area contributed by atoms with Crippen LogP contribution in [0.3, 0.4) is 0 Å². The molecule has 4 aromatic carbocycles. The molecule has 0 bridgehead atoms. The molecule has 0 spiro atoms. The average Bonchev–Trinajstić information content (AvgIpc) is 2.87. The molecule has 0 radical (unpaired) electrons. The number of carboxylic acids is 1. The second-order valence-corrected chi connectivity index (χ2v) is 11.2. The Morgan fingerprint density at radius 2 is 1.64 bits per heavy atom. The van der Waals surface area contributed by atoms with Crippen molar-refractivity contribution < 1.29 is 18.3 Å². The number of fused-ring (bicyclic) bond motifs is 1. The summed E-state index contributed by atoms with van der Waals surface area (Å²) in [7, 11) is -4.14. The molecule has 5 rings (SSSR count). The van der Waals surface area contributed by atoms with Crippen LogP contribution in [0.4, 0.5) is 0 Å². The van der Waals surface area contributed by atoms with Gasteiger partial charge in [-0.25, -0.2) is 13.2 Å². The minimum absolute atomic E-state index is 0.00411. The van der Waals surface area contributed by atoms with Crippen LogP contribution in [0.1, 0.15) is 35.2 Å². The summed E-state index contributed by atoms with van der Waals surface area (Å²) in [6, 6.07) is 25.3. The third-order valence-corrected chi connectivity index (χ3v) is 8.73. The SMILES string of the molecule is Cc1ccc(S(=O)(=O)N2[C@@H](c3cccc(Cl)c3)C(C(=O)O)=CC[C@H]2c2cccc3ccccc23)cc1. The first-order valence-corrected chi connectivity index (χ1v) is 13.4. The van der Waals surface area contributed by atoms with Crippen LogP contribution in [0.5, 0.6) is 0 Å². The molecule has 0 aromatic heterocycles. The van der Waals surface area contributed by atoms with Crippen LogP contribution in [0.25, 0.3) is 10.8 Å². The highest BCUT2D eigenvalue weighted by atomic mass is 35.5. The van der Waals surface area contributed by atoms with Crippen molar-refractivity contribution >= 4 is 38.4 Å². The van der Waals surface area contributed by atoms with Gasteiger partial charge in [0.2, 0.25) is 10.0 Å². The molecule has 0 amide bonds. The summed E-state index contributed by atoms with van der Waals surface area (Å²) in [5, 5.41) is 12.4. The number of aliphatic carboxylic acids is 1. The molecule has 1 heterocycles. The maximum Gasteiger partial charge on any atom is 0.333 e. The van der Waals surface area contributed by atoms with Crippen LogP contribution in [-0.2, 0) is 14.8 Å². The van der Waals surface area contributed by atoms with Crippen molar-refractivity contribution in [3.63, 3.8) is 0 Å². The van der Waals surface area contributed by atoms with Crippen molar-refractivity contribution in [2.75, 3.05) is 0 Å². The first-order valence-electron chi connectivity index (χ1n) is 11.5. The average molecular weight is 518 g/mol. The number of carboxylic acid groups (broad SMARTS) is 1. The maximum absolute atomic E-state index is 14.3. The van der Waals surface area contributed by atoms with Crippen LogP contribution >= 0.6 is 11.6 Å². The Morgan fingerprint density at radius 3 is 2.36 bits per heavy atom. The molecule has 0 unspecified atom stereocenters. The number of sulfonamides is 1. The molecule has 7 heteroatoms. The van der Waals surface area contributed by atoms with Crippen LogP contribution in [-0.4, -0.2) is 23.8 Å². The number of benzene rings is 4. The smallest absolute Gasteiger partial charge is 0.333 e. The number of hydrogen-bond acceptors (Lipinski definition) is 3. The molecule has 0 saturated carbocycles. The third-order valence-electron chi connectivity index (χ3n) is 6.61. The quantitative estimate of drug-likeness (QED) is 0.320. The first-order chi connectivity index (χ1) is 17.3. The standard InChI is InChI=1S/C29H24ClNO4S/c1-19-12-14-23(15-13-19)36(34,35)31-27(25-11-5-7-20-6-2-3-10-24(20)25)17-16-26(29(32)33)28(31)21-8-4-9-22(30)18-21/h2-16,18,27-28H,17H2,1H3,(H,32,33)/t27-,28-/m0/s1. The molecule has 1 N–H and O–H groups in total. The maximum atomic E-state index is 14.3. The Labute approximate surface area is 215 Å². The number of nitrogens with zero attached hydrogens (tertiary/aromatic N) is 1. The molecule has 0 aliphatic carbocycles. The Bertz CT molecular complexity index is 1590. The van der Waals surface area contributed by atoms with Crippen molar-refractivity contribution in [1.29, 1.82) is 0 Å². The van der Waals surface area contributed by atoms with E-state index in [0.29, 0.717) is 10.6 Å². The normalized spacial score (nSPS) is 18.7. The summed E-state index contributed by atoms with van der Waals surface area (Å²) in [6.07, 6.45) is 1.86. The summed E-state index contributed by atoms with van der Waals surface area (Å²) in [5.74, 6) is -1.17. The molecule has 36 heavy (non-hydrogen) atoms. The predicted octanol–water partition coefficient (Wildman–Crippen LogP) is 6.69. The zero-order chi connectivity index (χ0) is 25.4. The highest BCUT2D eigenvalue weighted by Gasteiger charge is 2.45. The lowest BCUT2D eigenvalue weighted by atomic mass is 9.88. The van der Waals surface area contributed by atoms with Gasteiger partial charge in [-0.05, 0) is 59.5 Å². The Kier molecular flexibility index (Phi) is 6.43. The molecule has 0 fully saturated rings. The molecule has 1 aliphatic heterocycles. The zero-order valence-corrected chi connectivity index (χ0v) is 21.1. The van der Waals surface area contributed by atoms with Crippen LogP contribution in [0.15, 0.2) is 108 Å². The van der Waals surface area contributed by atoms with Gasteiger partial charge in [0.05, 0.1) is 22.6 Å². The monoisotopic (exact) mass is 517 g/mol. The minimum atomic E-state index is -4.14. The van der Waals surface area contributed by atoms with E-state index >= 15 is 0 Å². The molecular weight excluding hydrogens is 494 g/mol. The number of halogens is 1. The summed E-state index contributed by atoms with van der Waals surface area (Å²) in [6.45, 7) is 1.89. The summed E-state index contributed by atoms with van der Waals surface area (Å²) in [4.78, 5) is 12.5. The molecule has 182 valence electrons. The van der Waals surface area contributed by atoms with E-state index in [1.54, 1.807) is 54.6 Å². The van der Waals surface area contributed by atoms with E-state index in [0.717, 1.165) is 21.9 Å². The highest BCUT2D eigenvalue weighted by molar-refractivity contribution is 7.89. The molecule has 4 aromatic rings. The summed E-state index contributed by atoms with van der Waals surface area (Å²) < 4.78 is 30.0. The second-order valence-electron chi connectivity index (χ2n) is 8.89. The number of aryl methyl sites for hydroxylation is 1. The van der Waals surface area contributed by atoms with Gasteiger partial charge >= 0.3 is 5.97 Å². The lowest BCUT2D eigenvalue weighted by molar-refractivity contribution is -0.133.